The van der Waals surface area contributed by atoms with Gasteiger partial charge in [-0.25, -0.2) is 0 Å². The van der Waals surface area contributed by atoms with E-state index in [-0.39, 0.29) is 5.41 Å². The lowest BCUT2D eigenvalue weighted by atomic mass is 9.49. The van der Waals surface area contributed by atoms with Gasteiger partial charge in [0.1, 0.15) is 0 Å². The van der Waals surface area contributed by atoms with Crippen LogP contribution in [0.4, 0.5) is 0 Å². The van der Waals surface area contributed by atoms with Crippen molar-refractivity contribution in [2.24, 2.45) is 23.2 Å². The molecule has 22 heavy (non-hydrogen) atoms. The molecule has 0 aliphatic heterocycles. The summed E-state index contributed by atoms with van der Waals surface area (Å²) in [4.78, 5) is 12.8. The van der Waals surface area contributed by atoms with Crippen molar-refractivity contribution in [3.63, 3.8) is 0 Å². The Balaban J connectivity index is 1.37. The Morgan fingerprint density at radius 2 is 1.82 bits per heavy atom. The molecular formula is C18H27N3O. The lowest BCUT2D eigenvalue weighted by Gasteiger charge is -2.55. The second-order valence-corrected chi connectivity index (χ2v) is 8.10. The molecule has 0 unspecified atom stereocenters. The van der Waals surface area contributed by atoms with E-state index >= 15 is 0 Å². The van der Waals surface area contributed by atoms with Crippen LogP contribution in [0.15, 0.2) is 6.07 Å². The molecule has 1 amide bonds. The molecule has 0 saturated heterocycles. The number of rotatable bonds is 4. The molecule has 0 spiro atoms. The van der Waals surface area contributed by atoms with Gasteiger partial charge in [0, 0.05) is 17.7 Å². The van der Waals surface area contributed by atoms with Crippen LogP contribution in [0.3, 0.4) is 0 Å². The molecule has 4 aliphatic rings. The number of aryl methyl sites for hydroxylation is 2. The third-order valence-corrected chi connectivity index (χ3v) is 6.23. The number of hydrogen-bond acceptors (Lipinski definition) is 2. The first-order valence-corrected chi connectivity index (χ1v) is 8.83. The Kier molecular flexibility index (Phi) is 3.31. The summed E-state index contributed by atoms with van der Waals surface area (Å²) >= 11 is 0. The molecule has 0 aromatic carbocycles. The molecule has 4 heteroatoms. The summed E-state index contributed by atoms with van der Waals surface area (Å²) in [6.07, 6.45) is 7.59. The monoisotopic (exact) mass is 301 g/mol. The van der Waals surface area contributed by atoms with Gasteiger partial charge in [0.25, 0.3) is 0 Å². The molecule has 1 heterocycles. The summed E-state index contributed by atoms with van der Waals surface area (Å²) in [7, 11) is 0. The van der Waals surface area contributed by atoms with Gasteiger partial charge in [0.15, 0.2) is 0 Å². The van der Waals surface area contributed by atoms with Gasteiger partial charge in [-0.15, -0.1) is 0 Å². The maximum Gasteiger partial charge on any atom is 0.226 e. The first kappa shape index (κ1) is 14.3. The fourth-order valence-corrected chi connectivity index (χ4v) is 5.75. The van der Waals surface area contributed by atoms with Crippen molar-refractivity contribution in [3.8, 4) is 0 Å². The predicted octanol–water partition coefficient (Wildman–Crippen LogP) is 2.83. The predicted molar refractivity (Wildman–Crippen MR) is 85.3 cm³/mol. The molecule has 120 valence electrons. The van der Waals surface area contributed by atoms with E-state index in [9.17, 15) is 4.79 Å². The van der Waals surface area contributed by atoms with Gasteiger partial charge in [0.2, 0.25) is 5.91 Å². The van der Waals surface area contributed by atoms with Crippen LogP contribution >= 0.6 is 0 Å². The Bertz CT molecular complexity index is 554. The van der Waals surface area contributed by atoms with Crippen LogP contribution in [-0.4, -0.2) is 22.2 Å². The number of carbonyl (C=O) groups is 1. The van der Waals surface area contributed by atoms with Gasteiger partial charge in [0.05, 0.1) is 12.2 Å². The van der Waals surface area contributed by atoms with Crippen molar-refractivity contribution in [3.05, 3.63) is 17.5 Å². The van der Waals surface area contributed by atoms with Crippen LogP contribution in [-0.2, 0) is 11.3 Å². The molecule has 4 bridgehead atoms. The highest BCUT2D eigenvalue weighted by molar-refractivity contribution is 5.83. The molecular weight excluding hydrogens is 274 g/mol. The van der Waals surface area contributed by atoms with Gasteiger partial charge in [-0.05, 0) is 76.2 Å². The van der Waals surface area contributed by atoms with Gasteiger partial charge in [-0.1, -0.05) is 0 Å². The summed E-state index contributed by atoms with van der Waals surface area (Å²) in [5.74, 6) is 2.81. The number of hydrogen-bond donors (Lipinski definition) is 1. The fraction of sp³-hybridized carbons (Fsp3) is 0.778. The number of amides is 1. The fourth-order valence-electron chi connectivity index (χ4n) is 5.75. The highest BCUT2D eigenvalue weighted by atomic mass is 16.2. The zero-order chi connectivity index (χ0) is 15.3. The third-order valence-electron chi connectivity index (χ3n) is 6.23. The standard InChI is InChI=1S/C18H27N3O/c1-12-5-13(2)21(20-12)4-3-19-17(22)18-9-14-6-15(10-18)8-16(7-14)11-18/h5,14-16H,3-4,6-11H2,1-2H3,(H,19,22). The normalized spacial score (nSPS) is 35.8. The quantitative estimate of drug-likeness (QED) is 0.929. The van der Waals surface area contributed by atoms with Crippen molar-refractivity contribution in [1.82, 2.24) is 15.1 Å². The summed E-state index contributed by atoms with van der Waals surface area (Å²) < 4.78 is 2.00. The van der Waals surface area contributed by atoms with E-state index in [1.807, 2.05) is 11.6 Å². The van der Waals surface area contributed by atoms with Gasteiger partial charge >= 0.3 is 0 Å². The number of aromatic nitrogens is 2. The van der Waals surface area contributed by atoms with E-state index in [1.165, 1.54) is 25.0 Å². The zero-order valence-electron chi connectivity index (χ0n) is 13.8. The number of nitrogens with zero attached hydrogens (tertiary/aromatic N) is 2. The zero-order valence-corrected chi connectivity index (χ0v) is 13.8. The second-order valence-electron chi connectivity index (χ2n) is 8.10. The molecule has 4 aliphatic carbocycles. The first-order valence-electron chi connectivity index (χ1n) is 8.83. The average molecular weight is 301 g/mol. The molecule has 1 aromatic heterocycles. The highest BCUT2D eigenvalue weighted by Crippen LogP contribution is 2.60. The Labute approximate surface area is 132 Å². The minimum Gasteiger partial charge on any atom is -0.354 e. The summed E-state index contributed by atoms with van der Waals surface area (Å²) in [5, 5.41) is 7.69. The Hall–Kier alpha value is -1.32. The van der Waals surface area contributed by atoms with Crippen LogP contribution in [0.2, 0.25) is 0 Å². The van der Waals surface area contributed by atoms with Gasteiger partial charge in [-0.3, -0.25) is 9.48 Å². The molecule has 1 aromatic rings. The summed E-state index contributed by atoms with van der Waals surface area (Å²) in [6.45, 7) is 5.55. The molecule has 4 nitrogen and oxygen atoms in total. The molecule has 0 radical (unpaired) electrons. The maximum absolute atomic E-state index is 12.8. The summed E-state index contributed by atoms with van der Waals surface area (Å²) in [5.41, 5.74) is 2.19. The van der Waals surface area contributed by atoms with Gasteiger partial charge < -0.3 is 5.32 Å². The SMILES string of the molecule is Cc1cc(C)n(CCNC(=O)C23CC4CC(CC(C4)C2)C3)n1. The minimum atomic E-state index is -0.0240. The van der Waals surface area contributed by atoms with Crippen LogP contribution in [0.25, 0.3) is 0 Å². The molecule has 4 fully saturated rings. The van der Waals surface area contributed by atoms with Crippen LogP contribution in [0, 0.1) is 37.0 Å². The number of carbonyl (C=O) groups excluding carboxylic acids is 1. The smallest absolute Gasteiger partial charge is 0.226 e. The van der Waals surface area contributed by atoms with E-state index in [0.29, 0.717) is 12.5 Å². The van der Waals surface area contributed by atoms with Gasteiger partial charge in [-0.2, -0.15) is 5.10 Å². The van der Waals surface area contributed by atoms with Crippen molar-refractivity contribution < 1.29 is 4.79 Å². The van der Waals surface area contributed by atoms with Crippen molar-refractivity contribution in [2.75, 3.05) is 6.54 Å². The maximum atomic E-state index is 12.8. The minimum absolute atomic E-state index is 0.0240. The van der Waals surface area contributed by atoms with E-state index < -0.39 is 0 Å². The van der Waals surface area contributed by atoms with Crippen molar-refractivity contribution >= 4 is 5.91 Å². The van der Waals surface area contributed by atoms with Crippen LogP contribution < -0.4 is 5.32 Å². The number of nitrogens with one attached hydrogen (secondary N) is 1. The largest absolute Gasteiger partial charge is 0.354 e. The average Bonchev–Trinajstić information content (AvgIpc) is 2.75. The highest BCUT2D eigenvalue weighted by Gasteiger charge is 2.54. The van der Waals surface area contributed by atoms with Crippen LogP contribution in [0.5, 0.6) is 0 Å². The van der Waals surface area contributed by atoms with E-state index in [2.05, 4.69) is 23.4 Å². The lowest BCUT2D eigenvalue weighted by Crippen LogP contribution is -2.53. The van der Waals surface area contributed by atoms with E-state index in [1.54, 1.807) is 0 Å². The molecule has 1 N–H and O–H groups in total. The molecule has 4 saturated carbocycles. The van der Waals surface area contributed by atoms with Crippen LogP contribution in [0.1, 0.15) is 49.9 Å². The topological polar surface area (TPSA) is 46.9 Å². The van der Waals surface area contributed by atoms with E-state index in [0.717, 1.165) is 49.3 Å². The lowest BCUT2D eigenvalue weighted by molar-refractivity contribution is -0.146. The summed E-state index contributed by atoms with van der Waals surface area (Å²) in [6, 6.07) is 2.08. The van der Waals surface area contributed by atoms with E-state index in [4.69, 9.17) is 0 Å². The van der Waals surface area contributed by atoms with Crippen molar-refractivity contribution in [1.29, 1.82) is 0 Å². The Morgan fingerprint density at radius 3 is 2.32 bits per heavy atom. The second kappa shape index (κ2) is 5.10. The molecule has 0 atom stereocenters. The first-order chi connectivity index (χ1) is 10.5. The Morgan fingerprint density at radius 1 is 1.23 bits per heavy atom. The third kappa shape index (κ3) is 2.37. The van der Waals surface area contributed by atoms with Crippen molar-refractivity contribution in [2.45, 2.75) is 58.9 Å². The molecule has 5 rings (SSSR count).